The number of nitrogens with zero attached hydrogens (tertiary/aromatic N) is 3. The van der Waals surface area contributed by atoms with Crippen molar-refractivity contribution in [1.82, 2.24) is 14.9 Å². The van der Waals surface area contributed by atoms with Crippen LogP contribution in [-0.2, 0) is 0 Å². The van der Waals surface area contributed by atoms with Gasteiger partial charge in [0.15, 0.2) is 0 Å². The molecule has 1 aliphatic heterocycles. The third kappa shape index (κ3) is 2.82. The van der Waals surface area contributed by atoms with E-state index < -0.39 is 0 Å². The van der Waals surface area contributed by atoms with Crippen molar-refractivity contribution >= 4 is 11.8 Å². The summed E-state index contributed by atoms with van der Waals surface area (Å²) in [5, 5.41) is 3.42. The van der Waals surface area contributed by atoms with Gasteiger partial charge >= 0.3 is 0 Å². The molecule has 0 bridgehead atoms. The van der Waals surface area contributed by atoms with Crippen molar-refractivity contribution in [3.8, 4) is 0 Å². The Kier molecular flexibility index (Phi) is 3.24. The highest BCUT2D eigenvalue weighted by Gasteiger charge is 2.17. The molecule has 0 radical (unpaired) electrons. The van der Waals surface area contributed by atoms with Crippen LogP contribution in [0.25, 0.3) is 0 Å². The maximum Gasteiger partial charge on any atom is 0.222 e. The van der Waals surface area contributed by atoms with E-state index in [1.54, 1.807) is 0 Å². The van der Waals surface area contributed by atoms with Gasteiger partial charge in [-0.1, -0.05) is 0 Å². The first-order valence-corrected chi connectivity index (χ1v) is 5.70. The first-order valence-electron chi connectivity index (χ1n) is 5.70. The van der Waals surface area contributed by atoms with Crippen LogP contribution in [0.4, 0.5) is 11.8 Å². The molecule has 3 N–H and O–H groups in total. The van der Waals surface area contributed by atoms with Crippen LogP contribution in [-0.4, -0.2) is 41.0 Å². The Morgan fingerprint density at radius 1 is 1.50 bits per heavy atom. The molecular formula is C11H19N5. The summed E-state index contributed by atoms with van der Waals surface area (Å²) < 4.78 is 0. The quantitative estimate of drug-likeness (QED) is 0.775. The van der Waals surface area contributed by atoms with Crippen molar-refractivity contribution in [1.29, 1.82) is 0 Å². The Balaban J connectivity index is 2.02. The Morgan fingerprint density at radius 2 is 2.31 bits per heavy atom. The highest BCUT2D eigenvalue weighted by molar-refractivity contribution is 5.41. The number of anilines is 2. The van der Waals surface area contributed by atoms with Crippen LogP contribution in [0.5, 0.6) is 0 Å². The van der Waals surface area contributed by atoms with E-state index >= 15 is 0 Å². The van der Waals surface area contributed by atoms with Gasteiger partial charge in [-0.2, -0.15) is 4.98 Å². The summed E-state index contributed by atoms with van der Waals surface area (Å²) in [6.07, 6.45) is 2.42. The number of aryl methyl sites for hydroxylation is 1. The third-order valence-electron chi connectivity index (χ3n) is 2.85. The zero-order chi connectivity index (χ0) is 11.5. The zero-order valence-electron chi connectivity index (χ0n) is 9.90. The van der Waals surface area contributed by atoms with Gasteiger partial charge in [-0.05, 0) is 33.4 Å². The van der Waals surface area contributed by atoms with E-state index in [1.807, 2.05) is 13.0 Å². The summed E-state index contributed by atoms with van der Waals surface area (Å²) >= 11 is 0. The van der Waals surface area contributed by atoms with E-state index in [0.29, 0.717) is 12.0 Å². The first kappa shape index (κ1) is 11.1. The average molecular weight is 221 g/mol. The number of nitrogens with one attached hydrogen (secondary N) is 1. The normalized spacial score (nSPS) is 22.0. The molecule has 2 rings (SSSR count). The second-order valence-electron chi connectivity index (χ2n) is 4.50. The van der Waals surface area contributed by atoms with E-state index in [9.17, 15) is 0 Å². The molecule has 0 amide bonds. The molecule has 0 aromatic carbocycles. The number of rotatable bonds is 2. The largest absolute Gasteiger partial charge is 0.368 e. The van der Waals surface area contributed by atoms with E-state index in [2.05, 4.69) is 27.2 Å². The molecule has 1 atom stereocenters. The van der Waals surface area contributed by atoms with Crippen molar-refractivity contribution in [3.05, 3.63) is 11.8 Å². The monoisotopic (exact) mass is 221 g/mol. The van der Waals surface area contributed by atoms with Gasteiger partial charge < -0.3 is 16.0 Å². The molecule has 1 fully saturated rings. The summed E-state index contributed by atoms with van der Waals surface area (Å²) in [5.74, 6) is 1.18. The standard InChI is InChI=1S/C11H19N5/c1-8-6-10(15-11(12)13-8)14-9-4-3-5-16(2)7-9/h6,9H,3-5,7H2,1-2H3,(H3,12,13,14,15). The van der Waals surface area contributed by atoms with Gasteiger partial charge in [-0.25, -0.2) is 4.98 Å². The van der Waals surface area contributed by atoms with Gasteiger partial charge in [0.1, 0.15) is 5.82 Å². The molecule has 2 heterocycles. The van der Waals surface area contributed by atoms with Gasteiger partial charge in [-0.3, -0.25) is 0 Å². The van der Waals surface area contributed by atoms with Crippen LogP contribution in [0, 0.1) is 6.92 Å². The fourth-order valence-corrected chi connectivity index (χ4v) is 2.16. The molecule has 5 heteroatoms. The molecule has 1 aromatic heterocycles. The fraction of sp³-hybridized carbons (Fsp3) is 0.636. The Hall–Kier alpha value is -1.36. The van der Waals surface area contributed by atoms with Crippen molar-refractivity contribution in [2.24, 2.45) is 0 Å². The second-order valence-corrected chi connectivity index (χ2v) is 4.50. The van der Waals surface area contributed by atoms with E-state index in [0.717, 1.165) is 18.1 Å². The molecule has 88 valence electrons. The molecule has 1 saturated heterocycles. The maximum atomic E-state index is 5.62. The van der Waals surface area contributed by atoms with Gasteiger partial charge in [0.05, 0.1) is 0 Å². The van der Waals surface area contributed by atoms with E-state index in [4.69, 9.17) is 5.73 Å². The van der Waals surface area contributed by atoms with Gasteiger partial charge in [0.25, 0.3) is 0 Å². The summed E-state index contributed by atoms with van der Waals surface area (Å²) in [6, 6.07) is 2.40. The SMILES string of the molecule is Cc1cc(NC2CCCN(C)C2)nc(N)n1. The van der Waals surface area contributed by atoms with Crippen LogP contribution < -0.4 is 11.1 Å². The number of piperidine rings is 1. The molecule has 0 aliphatic carbocycles. The lowest BCUT2D eigenvalue weighted by Gasteiger charge is -2.30. The molecule has 1 aliphatic rings. The summed E-state index contributed by atoms with van der Waals surface area (Å²) in [6.45, 7) is 4.17. The lowest BCUT2D eigenvalue weighted by molar-refractivity contribution is 0.261. The minimum Gasteiger partial charge on any atom is -0.368 e. The molecule has 0 saturated carbocycles. The Morgan fingerprint density at radius 3 is 3.00 bits per heavy atom. The van der Waals surface area contributed by atoms with Crippen LogP contribution >= 0.6 is 0 Å². The third-order valence-corrected chi connectivity index (χ3v) is 2.85. The smallest absolute Gasteiger partial charge is 0.222 e. The summed E-state index contributed by atoms with van der Waals surface area (Å²) in [7, 11) is 2.15. The Labute approximate surface area is 96.1 Å². The number of nitrogen functional groups attached to an aromatic ring is 1. The minimum absolute atomic E-state index is 0.340. The van der Waals surface area contributed by atoms with Crippen LogP contribution in [0.1, 0.15) is 18.5 Å². The number of likely N-dealkylation sites (N-methyl/N-ethyl adjacent to an activating group) is 1. The first-order chi connectivity index (χ1) is 7.63. The predicted molar refractivity (Wildman–Crippen MR) is 65.3 cm³/mol. The van der Waals surface area contributed by atoms with Crippen molar-refractivity contribution in [3.63, 3.8) is 0 Å². The molecular weight excluding hydrogens is 202 g/mol. The maximum absolute atomic E-state index is 5.62. The molecule has 16 heavy (non-hydrogen) atoms. The van der Waals surface area contributed by atoms with Gasteiger partial charge in [0.2, 0.25) is 5.95 Å². The summed E-state index contributed by atoms with van der Waals surface area (Å²) in [5.41, 5.74) is 6.52. The van der Waals surface area contributed by atoms with Crippen molar-refractivity contribution < 1.29 is 0 Å². The molecule has 1 aromatic rings. The molecule has 5 nitrogen and oxygen atoms in total. The predicted octanol–water partition coefficient (Wildman–Crippen LogP) is 0.873. The van der Waals surface area contributed by atoms with Crippen molar-refractivity contribution in [2.75, 3.05) is 31.2 Å². The van der Waals surface area contributed by atoms with Gasteiger partial charge in [0, 0.05) is 24.3 Å². The highest BCUT2D eigenvalue weighted by Crippen LogP contribution is 2.14. The second kappa shape index (κ2) is 4.65. The number of hydrogen-bond donors (Lipinski definition) is 2. The number of hydrogen-bond acceptors (Lipinski definition) is 5. The van der Waals surface area contributed by atoms with Crippen molar-refractivity contribution in [2.45, 2.75) is 25.8 Å². The number of nitrogens with two attached hydrogens (primary N) is 1. The zero-order valence-corrected chi connectivity index (χ0v) is 9.90. The lowest BCUT2D eigenvalue weighted by atomic mass is 10.1. The minimum atomic E-state index is 0.340. The summed E-state index contributed by atoms with van der Waals surface area (Å²) in [4.78, 5) is 10.6. The van der Waals surface area contributed by atoms with Crippen LogP contribution in [0.3, 0.4) is 0 Å². The van der Waals surface area contributed by atoms with Gasteiger partial charge in [-0.15, -0.1) is 0 Å². The molecule has 0 spiro atoms. The van der Waals surface area contributed by atoms with Crippen LogP contribution in [0.2, 0.25) is 0 Å². The number of likely N-dealkylation sites (tertiary alicyclic amines) is 1. The van der Waals surface area contributed by atoms with Crippen LogP contribution in [0.15, 0.2) is 6.07 Å². The van der Waals surface area contributed by atoms with E-state index in [-0.39, 0.29) is 0 Å². The average Bonchev–Trinajstić information content (AvgIpc) is 2.15. The highest BCUT2D eigenvalue weighted by atomic mass is 15.2. The van der Waals surface area contributed by atoms with E-state index in [1.165, 1.54) is 19.4 Å². The lowest BCUT2D eigenvalue weighted by Crippen LogP contribution is -2.39. The molecule has 1 unspecified atom stereocenters. The number of aromatic nitrogens is 2. The topological polar surface area (TPSA) is 67.1 Å². The Bertz CT molecular complexity index is 345. The fourth-order valence-electron chi connectivity index (χ4n) is 2.16.